The van der Waals surface area contributed by atoms with E-state index in [1.54, 1.807) is 47.0 Å². The van der Waals surface area contributed by atoms with Crippen molar-refractivity contribution < 1.29 is 14.4 Å². The van der Waals surface area contributed by atoms with E-state index in [0.29, 0.717) is 27.2 Å². The molecule has 3 amide bonds. The highest BCUT2D eigenvalue weighted by Gasteiger charge is 2.24. The molecule has 36 heavy (non-hydrogen) atoms. The number of benzene rings is 2. The van der Waals surface area contributed by atoms with Crippen LogP contribution in [-0.4, -0.2) is 45.3 Å². The van der Waals surface area contributed by atoms with E-state index in [4.69, 9.17) is 17.3 Å². The van der Waals surface area contributed by atoms with Crippen LogP contribution >= 0.6 is 11.6 Å². The molecule has 1 aliphatic rings. The van der Waals surface area contributed by atoms with Crippen LogP contribution < -0.4 is 11.1 Å². The zero-order chi connectivity index (χ0) is 26.2. The van der Waals surface area contributed by atoms with E-state index < -0.39 is 5.91 Å². The van der Waals surface area contributed by atoms with Crippen LogP contribution in [0.5, 0.6) is 0 Å². The van der Waals surface area contributed by atoms with Crippen LogP contribution in [0.3, 0.4) is 0 Å². The minimum atomic E-state index is -0.463. The van der Waals surface area contributed by atoms with Crippen LogP contribution in [0.25, 0.3) is 11.0 Å². The molecule has 3 aromatic rings. The number of carbonyl (C=O) groups excluding carboxylic acids is 3. The predicted octanol–water partition coefficient (Wildman–Crippen LogP) is 5.25. The smallest absolute Gasteiger partial charge is 0.258 e. The van der Waals surface area contributed by atoms with Crippen molar-refractivity contribution in [1.29, 1.82) is 0 Å². The summed E-state index contributed by atoms with van der Waals surface area (Å²) in [6, 6.07) is 12.1. The van der Waals surface area contributed by atoms with Gasteiger partial charge in [0.1, 0.15) is 0 Å². The number of halogens is 1. The lowest BCUT2D eigenvalue weighted by Gasteiger charge is -2.31. The molecule has 1 aliphatic carbocycles. The second-order valence-corrected chi connectivity index (χ2v) is 9.12. The molecule has 9 heteroatoms. The Morgan fingerprint density at radius 2 is 1.81 bits per heavy atom. The van der Waals surface area contributed by atoms with Crippen LogP contribution in [0.15, 0.2) is 42.5 Å². The van der Waals surface area contributed by atoms with Gasteiger partial charge in [-0.3, -0.25) is 19.7 Å². The van der Waals surface area contributed by atoms with Crippen molar-refractivity contribution in [3.05, 3.63) is 58.6 Å². The van der Waals surface area contributed by atoms with Gasteiger partial charge in [0.25, 0.3) is 11.8 Å². The summed E-state index contributed by atoms with van der Waals surface area (Å²) < 4.78 is 1.72. The third-order valence-corrected chi connectivity index (χ3v) is 6.57. The first-order valence-corrected chi connectivity index (χ1v) is 12.8. The molecule has 8 nitrogen and oxygen atoms in total. The number of imidazole rings is 1. The second-order valence-electron chi connectivity index (χ2n) is 8.68. The Morgan fingerprint density at radius 1 is 1.08 bits per heavy atom. The number of anilines is 1. The quantitative estimate of drug-likeness (QED) is 0.451. The summed E-state index contributed by atoms with van der Waals surface area (Å²) in [7, 11) is 1.85. The number of nitrogens with zero attached hydrogens (tertiary/aromatic N) is 3. The van der Waals surface area contributed by atoms with E-state index in [1.165, 1.54) is 6.42 Å². The standard InChI is InChI=1S/C25H28ClN5O3.C2H6/c1-30(19-8-3-2-4-9-19)24(34)17-10-11-21-20(15-17)28-25(31(21)13-12-22(27)32)29-23(33)16-6-5-7-18(26)14-16;1-2/h5-7,10-11,14-15,19H,2-4,8-9,12-13H2,1H3,(H2,27,32)(H,28,29,33);1-2H3. The lowest BCUT2D eigenvalue weighted by molar-refractivity contribution is -0.118. The minimum absolute atomic E-state index is 0.0509. The number of aryl methyl sites for hydroxylation is 1. The van der Waals surface area contributed by atoms with Crippen LogP contribution in [-0.2, 0) is 11.3 Å². The number of nitrogens with one attached hydrogen (secondary N) is 1. The van der Waals surface area contributed by atoms with E-state index in [-0.39, 0.29) is 36.8 Å². The maximum absolute atomic E-state index is 13.1. The number of fused-ring (bicyclic) bond motifs is 1. The average molecular weight is 512 g/mol. The normalized spacial score (nSPS) is 13.6. The van der Waals surface area contributed by atoms with Gasteiger partial charge in [-0.15, -0.1) is 0 Å². The maximum atomic E-state index is 13.1. The van der Waals surface area contributed by atoms with Gasteiger partial charge in [-0.1, -0.05) is 50.8 Å². The third kappa shape index (κ3) is 6.43. The number of carbonyl (C=O) groups is 3. The van der Waals surface area contributed by atoms with Crippen molar-refractivity contribution in [2.24, 2.45) is 5.73 Å². The molecule has 0 atom stereocenters. The second kappa shape index (κ2) is 12.5. The Hall–Kier alpha value is -3.39. The van der Waals surface area contributed by atoms with Crippen LogP contribution in [0, 0.1) is 0 Å². The topological polar surface area (TPSA) is 110 Å². The Morgan fingerprint density at radius 3 is 2.47 bits per heavy atom. The minimum Gasteiger partial charge on any atom is -0.370 e. The Labute approximate surface area is 216 Å². The van der Waals surface area contributed by atoms with Gasteiger partial charge < -0.3 is 15.2 Å². The third-order valence-electron chi connectivity index (χ3n) is 6.33. The monoisotopic (exact) mass is 511 g/mol. The summed E-state index contributed by atoms with van der Waals surface area (Å²) in [5, 5.41) is 3.24. The average Bonchev–Trinajstić information content (AvgIpc) is 3.24. The molecule has 1 aromatic heterocycles. The Kier molecular flexibility index (Phi) is 9.47. The molecule has 0 bridgehead atoms. The van der Waals surface area contributed by atoms with Crippen LogP contribution in [0.4, 0.5) is 5.95 Å². The van der Waals surface area contributed by atoms with Gasteiger partial charge >= 0.3 is 0 Å². The van der Waals surface area contributed by atoms with E-state index in [0.717, 1.165) is 25.7 Å². The zero-order valence-electron chi connectivity index (χ0n) is 21.1. The number of primary amides is 1. The molecule has 2 aromatic carbocycles. The maximum Gasteiger partial charge on any atom is 0.258 e. The van der Waals surface area contributed by atoms with Crippen LogP contribution in [0.2, 0.25) is 5.02 Å². The summed E-state index contributed by atoms with van der Waals surface area (Å²) >= 11 is 6.01. The first kappa shape index (κ1) is 27.2. The largest absolute Gasteiger partial charge is 0.370 e. The highest BCUT2D eigenvalue weighted by molar-refractivity contribution is 6.31. The molecular weight excluding hydrogens is 478 g/mol. The molecule has 1 fully saturated rings. The first-order chi connectivity index (χ1) is 17.3. The predicted molar refractivity (Wildman–Crippen MR) is 143 cm³/mol. The molecule has 1 saturated carbocycles. The number of rotatable bonds is 7. The van der Waals surface area contributed by atoms with Gasteiger partial charge in [0.15, 0.2) is 0 Å². The number of aromatic nitrogens is 2. The first-order valence-electron chi connectivity index (χ1n) is 12.5. The fourth-order valence-corrected chi connectivity index (χ4v) is 4.64. The van der Waals surface area contributed by atoms with Crippen molar-refractivity contribution >= 4 is 46.3 Å². The molecular formula is C27H34ClN5O3. The van der Waals surface area contributed by atoms with Gasteiger partial charge in [-0.05, 0) is 49.2 Å². The molecule has 0 spiro atoms. The van der Waals surface area contributed by atoms with E-state index in [1.807, 2.05) is 25.8 Å². The van der Waals surface area contributed by atoms with Gasteiger partial charge in [0.05, 0.1) is 11.0 Å². The van der Waals surface area contributed by atoms with E-state index in [2.05, 4.69) is 10.3 Å². The van der Waals surface area contributed by atoms with E-state index >= 15 is 0 Å². The van der Waals surface area contributed by atoms with Gasteiger partial charge in [-0.2, -0.15) is 0 Å². The van der Waals surface area contributed by atoms with Crippen molar-refractivity contribution in [2.75, 3.05) is 12.4 Å². The lowest BCUT2D eigenvalue weighted by Crippen LogP contribution is -2.38. The van der Waals surface area contributed by atoms with Crippen molar-refractivity contribution in [3.8, 4) is 0 Å². The van der Waals surface area contributed by atoms with Crippen molar-refractivity contribution in [1.82, 2.24) is 14.5 Å². The molecule has 3 N–H and O–H groups in total. The SMILES string of the molecule is CC.CN(C(=O)c1ccc2c(c1)nc(NC(=O)c1cccc(Cl)c1)n2CCC(N)=O)C1CCCCC1. The number of nitrogens with two attached hydrogens (primary N) is 1. The Bertz CT molecular complexity index is 1230. The molecule has 0 unspecified atom stereocenters. The summed E-state index contributed by atoms with van der Waals surface area (Å²) in [5.74, 6) is -0.627. The summed E-state index contributed by atoms with van der Waals surface area (Å²) in [4.78, 5) is 43.8. The lowest BCUT2D eigenvalue weighted by atomic mass is 9.94. The van der Waals surface area contributed by atoms with E-state index in [9.17, 15) is 14.4 Å². The van der Waals surface area contributed by atoms with Gasteiger partial charge in [-0.25, -0.2) is 4.98 Å². The summed E-state index contributed by atoms with van der Waals surface area (Å²) in [5.41, 5.74) is 7.51. The molecule has 0 saturated heterocycles. The van der Waals surface area contributed by atoms with Gasteiger partial charge in [0.2, 0.25) is 11.9 Å². The summed E-state index contributed by atoms with van der Waals surface area (Å²) in [6.45, 7) is 4.24. The number of amides is 3. The molecule has 0 aliphatic heterocycles. The molecule has 0 radical (unpaired) electrons. The van der Waals surface area contributed by atoms with Crippen LogP contribution in [0.1, 0.15) is 73.1 Å². The highest BCUT2D eigenvalue weighted by atomic mass is 35.5. The molecule has 4 rings (SSSR count). The molecule has 192 valence electrons. The van der Waals surface area contributed by atoms with Crippen molar-refractivity contribution in [2.45, 2.75) is 65.0 Å². The van der Waals surface area contributed by atoms with Gasteiger partial charge in [0, 0.05) is 42.2 Å². The Balaban J connectivity index is 0.00000176. The number of hydrogen-bond acceptors (Lipinski definition) is 4. The zero-order valence-corrected chi connectivity index (χ0v) is 21.8. The summed E-state index contributed by atoms with van der Waals surface area (Å²) in [6.07, 6.45) is 5.62. The van der Waals surface area contributed by atoms with Crippen molar-refractivity contribution in [3.63, 3.8) is 0 Å². The number of hydrogen-bond donors (Lipinski definition) is 2. The highest BCUT2D eigenvalue weighted by Crippen LogP contribution is 2.26. The molecule has 1 heterocycles. The fraction of sp³-hybridized carbons (Fsp3) is 0.407. The fourth-order valence-electron chi connectivity index (χ4n) is 4.45.